The van der Waals surface area contributed by atoms with Gasteiger partial charge in [0.05, 0.1) is 0 Å². The van der Waals surface area contributed by atoms with Crippen LogP contribution in [-0.4, -0.2) is 169 Å². The minimum atomic E-state index is -4.61. The lowest BCUT2D eigenvalue weighted by molar-refractivity contribution is -0.253. The van der Waals surface area contributed by atoms with Gasteiger partial charge < -0.3 is 38.6 Å². The van der Waals surface area contributed by atoms with E-state index in [1.54, 1.807) is 4.90 Å². The third-order valence-electron chi connectivity index (χ3n) is 12.4. The number of amides is 1. The van der Waals surface area contributed by atoms with Crippen molar-refractivity contribution in [2.75, 3.05) is 95.2 Å². The van der Waals surface area contributed by atoms with Crippen molar-refractivity contribution in [3.63, 3.8) is 0 Å². The monoisotopic (exact) mass is 1040 g/mol. The average Bonchev–Trinajstić information content (AvgIpc) is 3.34. The van der Waals surface area contributed by atoms with E-state index < -0.39 is 84.3 Å². The standard InChI is InChI=1S/C23H31F4N3O7S.C18H22F4N2O6S/c24-20(25)23(26,27)36-18-6-4-17(5-7-18)29-10-12-30(13-11-29)38(32,33)22(8-15-34-16-9-22)21(31)28-37-19-3-1-2-14-35-19;19-15(20)18(21,22)30-14-3-1-13(2-4-14)23-7-9-24(10-8-23)31(27,28)17(16(25)26)5-11-29-12-6-17/h4-7,19-20H,1-3,8-16H2,(H,28,31);1-4,15H,5-12H2,(H,25,26). The van der Waals surface area contributed by atoms with Crippen LogP contribution in [0.3, 0.4) is 0 Å². The molecule has 0 bridgehead atoms. The molecule has 69 heavy (non-hydrogen) atoms. The molecule has 0 spiro atoms. The highest BCUT2D eigenvalue weighted by molar-refractivity contribution is 7.91. The van der Waals surface area contributed by atoms with E-state index in [1.165, 1.54) is 28.6 Å². The van der Waals surface area contributed by atoms with Crippen molar-refractivity contribution < 1.29 is 95.2 Å². The number of hydroxylamine groups is 1. The Hall–Kier alpha value is -4.32. The Morgan fingerprint density at radius 1 is 0.623 bits per heavy atom. The topological polar surface area (TPSA) is 203 Å². The van der Waals surface area contributed by atoms with Gasteiger partial charge in [-0.25, -0.2) is 27.2 Å². The predicted octanol–water partition coefficient (Wildman–Crippen LogP) is 4.51. The fraction of sp³-hybridized carbons (Fsp3) is 0.659. The molecule has 2 aromatic carbocycles. The van der Waals surface area contributed by atoms with E-state index in [2.05, 4.69) is 15.0 Å². The number of halogens is 8. The van der Waals surface area contributed by atoms with Gasteiger partial charge in [0.15, 0.2) is 15.8 Å². The molecule has 1 unspecified atom stereocenters. The zero-order valence-corrected chi connectivity index (χ0v) is 38.6. The molecule has 28 heteroatoms. The number of aliphatic carboxylic acids is 1. The third-order valence-corrected chi connectivity index (χ3v) is 17.6. The summed E-state index contributed by atoms with van der Waals surface area (Å²) in [6, 6.07) is 10.2. The van der Waals surface area contributed by atoms with Gasteiger partial charge in [-0.3, -0.25) is 9.59 Å². The van der Waals surface area contributed by atoms with E-state index in [0.717, 1.165) is 41.4 Å². The Kier molecular flexibility index (Phi) is 17.5. The summed E-state index contributed by atoms with van der Waals surface area (Å²) in [5.74, 6) is -3.00. The maximum absolute atomic E-state index is 13.8. The largest absolute Gasteiger partial charge is 0.480 e. The molecule has 0 aromatic heterocycles. The molecule has 1 atom stereocenters. The van der Waals surface area contributed by atoms with Crippen LogP contribution in [0, 0.1) is 0 Å². The number of carboxylic acids is 1. The highest BCUT2D eigenvalue weighted by Gasteiger charge is 2.56. The van der Waals surface area contributed by atoms with Crippen LogP contribution in [0.15, 0.2) is 48.5 Å². The van der Waals surface area contributed by atoms with E-state index in [1.807, 2.05) is 4.90 Å². The van der Waals surface area contributed by atoms with Crippen LogP contribution in [-0.2, 0) is 48.7 Å². The number of rotatable bonds is 16. The summed E-state index contributed by atoms with van der Waals surface area (Å²) >= 11 is 0. The number of nitrogens with zero attached hydrogens (tertiary/aromatic N) is 4. The zero-order valence-electron chi connectivity index (χ0n) is 37.0. The van der Waals surface area contributed by atoms with Crippen molar-refractivity contribution >= 4 is 43.3 Å². The molecular formula is C41H53F8N5O13S2. The quantitative estimate of drug-likeness (QED) is 0.176. The number of carbonyl (C=O) groups is 2. The number of carbonyl (C=O) groups excluding carboxylic acids is 1. The molecule has 1 amide bonds. The summed E-state index contributed by atoms with van der Waals surface area (Å²) < 4.78 is 178. The lowest BCUT2D eigenvalue weighted by Gasteiger charge is -2.42. The average molecular weight is 1040 g/mol. The lowest BCUT2D eigenvalue weighted by Crippen LogP contribution is -2.62. The second-order valence-electron chi connectivity index (χ2n) is 16.6. The van der Waals surface area contributed by atoms with Gasteiger partial charge in [-0.2, -0.15) is 43.7 Å². The van der Waals surface area contributed by atoms with Crippen molar-refractivity contribution in [2.45, 2.75) is 85.8 Å². The summed E-state index contributed by atoms with van der Waals surface area (Å²) in [4.78, 5) is 34.1. The fourth-order valence-corrected chi connectivity index (χ4v) is 12.5. The van der Waals surface area contributed by atoms with E-state index in [4.69, 9.17) is 19.0 Å². The van der Waals surface area contributed by atoms with Crippen LogP contribution >= 0.6 is 0 Å². The number of benzene rings is 2. The maximum Gasteiger partial charge on any atom is 0.461 e. The first kappa shape index (κ1) is 54.0. The number of carboxylic acid groups (broad SMARTS) is 1. The fourth-order valence-electron chi connectivity index (χ4n) is 8.32. The summed E-state index contributed by atoms with van der Waals surface area (Å²) in [5.41, 5.74) is 3.46. The van der Waals surface area contributed by atoms with Gasteiger partial charge in [0, 0.05) is 129 Å². The molecule has 5 saturated heterocycles. The Labute approximate surface area is 392 Å². The van der Waals surface area contributed by atoms with Gasteiger partial charge >= 0.3 is 31.0 Å². The molecule has 2 N–H and O–H groups in total. The van der Waals surface area contributed by atoms with Gasteiger partial charge in [-0.1, -0.05) is 0 Å². The molecule has 5 heterocycles. The molecule has 5 aliphatic heterocycles. The molecule has 388 valence electrons. The van der Waals surface area contributed by atoms with E-state index in [0.29, 0.717) is 24.4 Å². The normalized spacial score (nSPS) is 22.1. The molecule has 5 fully saturated rings. The lowest BCUT2D eigenvalue weighted by atomic mass is 9.98. The molecule has 0 radical (unpaired) electrons. The van der Waals surface area contributed by atoms with Crippen LogP contribution in [0.1, 0.15) is 44.9 Å². The molecule has 5 aliphatic rings. The van der Waals surface area contributed by atoms with Crippen molar-refractivity contribution in [2.24, 2.45) is 0 Å². The maximum atomic E-state index is 13.8. The second kappa shape index (κ2) is 22.4. The van der Waals surface area contributed by atoms with Crippen LogP contribution in [0.25, 0.3) is 0 Å². The van der Waals surface area contributed by atoms with Crippen molar-refractivity contribution in [3.8, 4) is 11.5 Å². The second-order valence-corrected chi connectivity index (χ2v) is 21.1. The number of hydrogen-bond acceptors (Lipinski definition) is 14. The molecular weight excluding hydrogens is 987 g/mol. The Morgan fingerprint density at radius 2 is 1.01 bits per heavy atom. The number of sulfonamides is 2. The highest BCUT2D eigenvalue weighted by Crippen LogP contribution is 2.37. The van der Waals surface area contributed by atoms with Gasteiger partial charge in [0.1, 0.15) is 11.5 Å². The van der Waals surface area contributed by atoms with Gasteiger partial charge in [-0.05, 0) is 61.4 Å². The summed E-state index contributed by atoms with van der Waals surface area (Å²) in [7, 11) is -8.25. The zero-order chi connectivity index (χ0) is 50.3. The van der Waals surface area contributed by atoms with Gasteiger partial charge in [0.25, 0.3) is 5.91 Å². The first-order valence-corrected chi connectivity index (χ1v) is 24.8. The Morgan fingerprint density at radius 3 is 1.38 bits per heavy atom. The molecule has 18 nitrogen and oxygen atoms in total. The van der Waals surface area contributed by atoms with Gasteiger partial charge in [0.2, 0.25) is 20.0 Å². The number of anilines is 2. The Bertz CT molecular complexity index is 2240. The van der Waals surface area contributed by atoms with E-state index in [9.17, 15) is 66.7 Å². The van der Waals surface area contributed by atoms with Crippen LogP contribution in [0.2, 0.25) is 0 Å². The number of alkyl halides is 8. The minimum absolute atomic E-state index is 0.0268. The van der Waals surface area contributed by atoms with Crippen molar-refractivity contribution in [3.05, 3.63) is 48.5 Å². The molecule has 0 aliphatic carbocycles. The third kappa shape index (κ3) is 12.2. The Balaban J connectivity index is 0.000000232. The van der Waals surface area contributed by atoms with Crippen LogP contribution in [0.4, 0.5) is 46.5 Å². The van der Waals surface area contributed by atoms with Crippen molar-refractivity contribution in [1.29, 1.82) is 0 Å². The summed E-state index contributed by atoms with van der Waals surface area (Å²) in [6.45, 7) is 2.02. The minimum Gasteiger partial charge on any atom is -0.480 e. The van der Waals surface area contributed by atoms with Crippen LogP contribution < -0.4 is 24.8 Å². The number of piperazine rings is 2. The predicted molar refractivity (Wildman–Crippen MR) is 227 cm³/mol. The summed E-state index contributed by atoms with van der Waals surface area (Å²) in [5, 5.41) is 9.64. The highest BCUT2D eigenvalue weighted by atomic mass is 32.2. The summed E-state index contributed by atoms with van der Waals surface area (Å²) in [6.07, 6.45) is -15.7. The SMILES string of the molecule is O=C(NOC1CCCCO1)C1(S(=O)(=O)N2CCN(c3ccc(OC(F)(F)C(F)F)cc3)CC2)CCOCC1.O=C(O)C1(S(=O)(=O)N2CCN(c3ccc(OC(F)(F)C(F)F)cc3)CC2)CCOCC1. The van der Waals surface area contributed by atoms with Crippen LogP contribution in [0.5, 0.6) is 11.5 Å². The number of nitrogens with one attached hydrogen (secondary N) is 1. The molecule has 7 rings (SSSR count). The van der Waals surface area contributed by atoms with E-state index >= 15 is 0 Å². The first-order valence-electron chi connectivity index (χ1n) is 21.9. The van der Waals surface area contributed by atoms with Crippen molar-refractivity contribution in [1.82, 2.24) is 14.1 Å². The first-order chi connectivity index (χ1) is 32.5. The number of ether oxygens (including phenoxy) is 5. The number of hydrogen-bond donors (Lipinski definition) is 2. The van der Waals surface area contributed by atoms with Gasteiger partial charge in [-0.15, -0.1) is 0 Å². The molecule has 2 aromatic rings. The smallest absolute Gasteiger partial charge is 0.461 e. The molecule has 0 saturated carbocycles. The van der Waals surface area contributed by atoms with E-state index in [-0.39, 0.29) is 104 Å².